The van der Waals surface area contributed by atoms with Gasteiger partial charge in [-0.25, -0.2) is 0 Å². The number of carbonyl (C=O) groups is 1. The Hall–Kier alpha value is -2.13. The second-order valence-electron chi connectivity index (χ2n) is 6.60. The Morgan fingerprint density at radius 2 is 1.84 bits per heavy atom. The number of nitrogens with one attached hydrogen (secondary N) is 1. The summed E-state index contributed by atoms with van der Waals surface area (Å²) in [6.45, 7) is 5.91. The first-order valence-corrected chi connectivity index (χ1v) is 9.10. The number of carbonyl (C=O) groups excluding carboxylic acids is 1. The first kappa shape index (κ1) is 19.2. The van der Waals surface area contributed by atoms with Gasteiger partial charge < -0.3 is 10.1 Å². The molecule has 0 amide bonds. The molecule has 0 heterocycles. The lowest BCUT2D eigenvalue weighted by atomic mass is 9.97. The lowest BCUT2D eigenvalue weighted by Crippen LogP contribution is -2.12. The van der Waals surface area contributed by atoms with Gasteiger partial charge in [-0.3, -0.25) is 4.79 Å². The fourth-order valence-corrected chi connectivity index (χ4v) is 3.03. The molecule has 25 heavy (non-hydrogen) atoms. The van der Waals surface area contributed by atoms with Crippen molar-refractivity contribution >= 4 is 6.29 Å². The topological polar surface area (TPSA) is 38.3 Å². The summed E-state index contributed by atoms with van der Waals surface area (Å²) in [6.07, 6.45) is 3.97. The Labute approximate surface area is 151 Å². The summed E-state index contributed by atoms with van der Waals surface area (Å²) in [5.74, 6) is 1.48. The van der Waals surface area contributed by atoms with Crippen LogP contribution in [0.1, 0.15) is 47.3 Å². The third-order valence-electron chi connectivity index (χ3n) is 4.54. The quantitative estimate of drug-likeness (QED) is 0.651. The molecule has 0 aliphatic rings. The molecule has 3 heteroatoms. The number of aldehydes is 1. The third-order valence-corrected chi connectivity index (χ3v) is 4.54. The van der Waals surface area contributed by atoms with Crippen LogP contribution in [0.5, 0.6) is 5.75 Å². The number of hydrogen-bond acceptors (Lipinski definition) is 3. The van der Waals surface area contributed by atoms with Gasteiger partial charge >= 0.3 is 0 Å². The van der Waals surface area contributed by atoms with E-state index in [1.165, 1.54) is 12.0 Å². The number of ether oxygens (including phenoxy) is 1. The summed E-state index contributed by atoms with van der Waals surface area (Å²) in [5.41, 5.74) is 4.20. The Kier molecular flexibility index (Phi) is 7.68. The molecule has 0 bridgehead atoms. The van der Waals surface area contributed by atoms with Crippen LogP contribution in [0.25, 0.3) is 0 Å². The van der Waals surface area contributed by atoms with Crippen LogP contribution in [-0.2, 0) is 19.4 Å². The predicted octanol–water partition coefficient (Wildman–Crippen LogP) is 4.43. The molecule has 2 rings (SSSR count). The maximum Gasteiger partial charge on any atom is 0.150 e. The van der Waals surface area contributed by atoms with E-state index in [1.54, 1.807) is 0 Å². The van der Waals surface area contributed by atoms with Gasteiger partial charge in [0, 0.05) is 11.1 Å². The highest BCUT2D eigenvalue weighted by molar-refractivity contribution is 5.78. The lowest BCUT2D eigenvalue weighted by Gasteiger charge is -2.13. The Balaban J connectivity index is 1.95. The van der Waals surface area contributed by atoms with E-state index in [4.69, 9.17) is 4.74 Å². The van der Waals surface area contributed by atoms with E-state index < -0.39 is 0 Å². The Morgan fingerprint density at radius 1 is 1.12 bits per heavy atom. The summed E-state index contributed by atoms with van der Waals surface area (Å²) >= 11 is 0. The number of benzene rings is 2. The number of rotatable bonds is 10. The minimum absolute atomic E-state index is 0.519. The van der Waals surface area contributed by atoms with E-state index in [9.17, 15) is 4.79 Å². The molecule has 0 radical (unpaired) electrons. The van der Waals surface area contributed by atoms with Crippen LogP contribution in [0, 0.1) is 5.92 Å². The normalized spacial score (nSPS) is 12.0. The molecule has 0 aliphatic heterocycles. The largest absolute Gasteiger partial charge is 0.489 e. The van der Waals surface area contributed by atoms with Gasteiger partial charge in [0.1, 0.15) is 18.6 Å². The van der Waals surface area contributed by atoms with Gasteiger partial charge in [-0.15, -0.1) is 0 Å². The first-order chi connectivity index (χ1) is 12.2. The summed E-state index contributed by atoms with van der Waals surface area (Å²) in [6, 6.07) is 14.3. The van der Waals surface area contributed by atoms with Gasteiger partial charge in [0.15, 0.2) is 0 Å². The van der Waals surface area contributed by atoms with Gasteiger partial charge in [-0.1, -0.05) is 50.2 Å². The summed E-state index contributed by atoms with van der Waals surface area (Å²) in [4.78, 5) is 11.1. The molecule has 0 saturated carbocycles. The molecule has 1 atom stereocenters. The summed E-state index contributed by atoms with van der Waals surface area (Å²) < 4.78 is 5.96. The summed E-state index contributed by atoms with van der Waals surface area (Å²) in [7, 11) is 2.00. The second-order valence-corrected chi connectivity index (χ2v) is 6.60. The van der Waals surface area contributed by atoms with Crippen LogP contribution >= 0.6 is 0 Å². The number of hydrogen-bond donors (Lipinski definition) is 1. The van der Waals surface area contributed by atoms with Crippen molar-refractivity contribution in [1.82, 2.24) is 5.32 Å². The molecule has 2 aromatic carbocycles. The van der Waals surface area contributed by atoms with Gasteiger partial charge in [0.05, 0.1) is 0 Å². The van der Waals surface area contributed by atoms with E-state index in [0.717, 1.165) is 42.5 Å². The highest BCUT2D eigenvalue weighted by atomic mass is 16.5. The van der Waals surface area contributed by atoms with Gasteiger partial charge in [-0.2, -0.15) is 0 Å². The van der Waals surface area contributed by atoms with Crippen molar-refractivity contribution in [2.24, 2.45) is 5.92 Å². The van der Waals surface area contributed by atoms with Crippen LogP contribution < -0.4 is 10.1 Å². The predicted molar refractivity (Wildman–Crippen MR) is 103 cm³/mol. The minimum atomic E-state index is 0.519. The van der Waals surface area contributed by atoms with Crippen LogP contribution in [0.15, 0.2) is 42.5 Å². The van der Waals surface area contributed by atoms with Crippen molar-refractivity contribution in [3.05, 3.63) is 64.7 Å². The highest BCUT2D eigenvalue weighted by Crippen LogP contribution is 2.23. The van der Waals surface area contributed by atoms with Crippen LogP contribution in [-0.4, -0.2) is 19.9 Å². The molecular formula is C22H29NO2. The molecule has 3 nitrogen and oxygen atoms in total. The maximum atomic E-state index is 11.1. The van der Waals surface area contributed by atoms with Crippen LogP contribution in [0.4, 0.5) is 0 Å². The molecule has 0 spiro atoms. The van der Waals surface area contributed by atoms with Gasteiger partial charge in [0.25, 0.3) is 0 Å². The zero-order valence-corrected chi connectivity index (χ0v) is 15.5. The standard InChI is InChI=1S/C22H29NO2/c1-4-21-20(15-24)6-5-7-22(21)25-16-19-10-8-18(9-11-19)14-17(2)12-13-23-3/h5-11,15,17,23H,4,12-14,16H2,1-3H3. The molecule has 0 aromatic heterocycles. The molecule has 1 N–H and O–H groups in total. The monoisotopic (exact) mass is 339 g/mol. The summed E-state index contributed by atoms with van der Waals surface area (Å²) in [5, 5.41) is 3.20. The first-order valence-electron chi connectivity index (χ1n) is 9.10. The average Bonchev–Trinajstić information content (AvgIpc) is 2.65. The van der Waals surface area contributed by atoms with Crippen LogP contribution in [0.3, 0.4) is 0 Å². The zero-order valence-electron chi connectivity index (χ0n) is 15.5. The Morgan fingerprint density at radius 3 is 2.48 bits per heavy atom. The van der Waals surface area contributed by atoms with Crippen molar-refractivity contribution in [2.75, 3.05) is 13.6 Å². The fourth-order valence-electron chi connectivity index (χ4n) is 3.03. The van der Waals surface area contributed by atoms with Crippen LogP contribution in [0.2, 0.25) is 0 Å². The van der Waals surface area contributed by atoms with E-state index in [2.05, 4.69) is 36.5 Å². The van der Waals surface area contributed by atoms with E-state index in [1.807, 2.05) is 32.2 Å². The van der Waals surface area contributed by atoms with Crippen molar-refractivity contribution in [2.45, 2.75) is 39.7 Å². The van der Waals surface area contributed by atoms with Crippen molar-refractivity contribution in [1.29, 1.82) is 0 Å². The zero-order chi connectivity index (χ0) is 18.1. The van der Waals surface area contributed by atoms with Crippen molar-refractivity contribution in [3.63, 3.8) is 0 Å². The Bertz CT molecular complexity index is 664. The lowest BCUT2D eigenvalue weighted by molar-refractivity contribution is 0.112. The molecule has 0 fully saturated rings. The van der Waals surface area contributed by atoms with Gasteiger partial charge in [-0.05, 0) is 56.0 Å². The molecule has 134 valence electrons. The molecule has 2 aromatic rings. The van der Waals surface area contributed by atoms with Crippen molar-refractivity contribution < 1.29 is 9.53 Å². The molecule has 0 saturated heterocycles. The van der Waals surface area contributed by atoms with E-state index in [-0.39, 0.29) is 0 Å². The van der Waals surface area contributed by atoms with E-state index >= 15 is 0 Å². The maximum absolute atomic E-state index is 11.1. The highest BCUT2D eigenvalue weighted by Gasteiger charge is 2.08. The molecular weight excluding hydrogens is 310 g/mol. The third kappa shape index (κ3) is 5.71. The molecule has 0 aliphatic carbocycles. The average molecular weight is 339 g/mol. The van der Waals surface area contributed by atoms with Crippen molar-refractivity contribution in [3.8, 4) is 5.75 Å². The smallest absolute Gasteiger partial charge is 0.150 e. The van der Waals surface area contributed by atoms with E-state index in [0.29, 0.717) is 18.1 Å². The molecule has 1 unspecified atom stereocenters. The SMILES string of the molecule is CCc1c(C=O)cccc1OCc1ccc(CC(C)CCNC)cc1. The second kappa shape index (κ2) is 10.00. The minimum Gasteiger partial charge on any atom is -0.489 e. The fraction of sp³-hybridized carbons (Fsp3) is 0.409. The van der Waals surface area contributed by atoms with Gasteiger partial charge in [0.2, 0.25) is 0 Å².